The number of rotatable bonds is 5. The normalized spacial score (nSPS) is 25.6. The summed E-state index contributed by atoms with van der Waals surface area (Å²) in [5.74, 6) is 0.312. The summed E-state index contributed by atoms with van der Waals surface area (Å²) < 4.78 is 67.1. The molecule has 4 atom stereocenters. The van der Waals surface area contributed by atoms with Gasteiger partial charge in [0, 0.05) is 17.8 Å². The number of hydrogen-bond acceptors (Lipinski definition) is 7. The van der Waals surface area contributed by atoms with E-state index in [0.29, 0.717) is 30.6 Å². The molecule has 0 aromatic carbocycles. The molecule has 13 heteroatoms. The number of anilines is 1. The third kappa shape index (κ3) is 3.74. The maximum atomic E-state index is 13.5. The largest absolute Gasteiger partial charge is 0.433 e. The SMILES string of the molecule is FC(F)CNc1cnc2cnn([C@H]3C[C@@H]4CN[C@H](c5cncnc5C(F)(F)F)[C@H]4C3)c2n1. The lowest BCUT2D eigenvalue weighted by Gasteiger charge is -2.22. The Morgan fingerprint density at radius 2 is 2.00 bits per heavy atom. The highest BCUT2D eigenvalue weighted by Crippen LogP contribution is 2.50. The van der Waals surface area contributed by atoms with Gasteiger partial charge in [-0.25, -0.2) is 33.4 Å². The molecule has 2 aliphatic rings. The predicted octanol–water partition coefficient (Wildman–Crippen LogP) is 3.22. The first-order valence-electron chi connectivity index (χ1n) is 10.1. The van der Waals surface area contributed by atoms with Gasteiger partial charge in [-0.2, -0.15) is 18.3 Å². The van der Waals surface area contributed by atoms with Crippen LogP contribution in [0.3, 0.4) is 0 Å². The highest BCUT2D eigenvalue weighted by molar-refractivity contribution is 5.71. The Morgan fingerprint density at radius 3 is 2.78 bits per heavy atom. The molecule has 3 aromatic heterocycles. The Bertz CT molecular complexity index is 1120. The van der Waals surface area contributed by atoms with Crippen molar-refractivity contribution in [3.8, 4) is 0 Å². The average Bonchev–Trinajstić information content (AvgIpc) is 3.44. The maximum Gasteiger partial charge on any atom is 0.433 e. The maximum absolute atomic E-state index is 13.5. The second-order valence-corrected chi connectivity index (χ2v) is 8.08. The minimum atomic E-state index is -4.56. The van der Waals surface area contributed by atoms with Gasteiger partial charge in [-0.3, -0.25) is 0 Å². The third-order valence-corrected chi connectivity index (χ3v) is 6.18. The van der Waals surface area contributed by atoms with Crippen molar-refractivity contribution >= 4 is 17.0 Å². The lowest BCUT2D eigenvalue weighted by atomic mass is 9.89. The molecule has 2 fully saturated rings. The number of alkyl halides is 5. The van der Waals surface area contributed by atoms with Crippen LogP contribution in [0.4, 0.5) is 27.8 Å². The topological polar surface area (TPSA) is 93.4 Å². The van der Waals surface area contributed by atoms with E-state index in [1.54, 1.807) is 10.9 Å². The van der Waals surface area contributed by atoms with Crippen LogP contribution in [0, 0.1) is 11.8 Å². The molecule has 1 aliphatic heterocycles. The zero-order chi connectivity index (χ0) is 22.5. The standard InChI is InChI=1S/C19H19F5N8/c20-14(21)6-27-15-7-26-13-5-30-32(18(13)31-15)10-1-9-3-28-16(11(9)2-10)12-4-25-8-29-17(12)19(22,23)24/h4-5,7-11,14,16,28H,1-3,6H2,(H,27,31)/t9-,10+,11+,16+/m1/s1. The summed E-state index contributed by atoms with van der Waals surface area (Å²) in [7, 11) is 0. The van der Waals surface area contributed by atoms with Crippen LogP contribution in [-0.2, 0) is 6.18 Å². The quantitative estimate of drug-likeness (QED) is 0.572. The molecule has 0 bridgehead atoms. The Hall–Kier alpha value is -2.96. The van der Waals surface area contributed by atoms with Gasteiger partial charge in [0.25, 0.3) is 6.43 Å². The molecule has 3 aromatic rings. The molecule has 32 heavy (non-hydrogen) atoms. The molecule has 8 nitrogen and oxygen atoms in total. The van der Waals surface area contributed by atoms with Crippen molar-refractivity contribution in [2.45, 2.75) is 37.5 Å². The van der Waals surface area contributed by atoms with Gasteiger partial charge in [0.15, 0.2) is 11.3 Å². The molecule has 170 valence electrons. The van der Waals surface area contributed by atoms with Crippen LogP contribution in [0.15, 0.2) is 24.9 Å². The molecule has 0 spiro atoms. The van der Waals surface area contributed by atoms with Crippen LogP contribution in [0.2, 0.25) is 0 Å². The highest BCUT2D eigenvalue weighted by atomic mass is 19.4. The molecule has 1 saturated carbocycles. The van der Waals surface area contributed by atoms with E-state index >= 15 is 0 Å². The summed E-state index contributed by atoms with van der Waals surface area (Å²) in [5.41, 5.74) is 0.115. The lowest BCUT2D eigenvalue weighted by molar-refractivity contribution is -0.142. The van der Waals surface area contributed by atoms with E-state index < -0.39 is 30.9 Å². The molecular formula is C19H19F5N8. The number of hydrogen-bond donors (Lipinski definition) is 2. The second-order valence-electron chi connectivity index (χ2n) is 8.08. The van der Waals surface area contributed by atoms with Crippen LogP contribution in [-0.4, -0.2) is 49.2 Å². The van der Waals surface area contributed by atoms with Crippen LogP contribution in [0.1, 0.15) is 36.2 Å². The number of nitrogens with one attached hydrogen (secondary N) is 2. The van der Waals surface area contributed by atoms with Crippen LogP contribution >= 0.6 is 0 Å². The molecule has 0 amide bonds. The number of nitrogens with zero attached hydrogens (tertiary/aromatic N) is 6. The van der Waals surface area contributed by atoms with Gasteiger partial charge in [0.1, 0.15) is 17.7 Å². The molecular weight excluding hydrogens is 435 g/mol. The van der Waals surface area contributed by atoms with E-state index in [4.69, 9.17) is 0 Å². The smallest absolute Gasteiger partial charge is 0.363 e. The van der Waals surface area contributed by atoms with Crippen LogP contribution < -0.4 is 10.6 Å². The van der Waals surface area contributed by atoms with Crippen molar-refractivity contribution in [1.29, 1.82) is 0 Å². The van der Waals surface area contributed by atoms with Crippen molar-refractivity contribution in [3.05, 3.63) is 36.2 Å². The molecule has 4 heterocycles. The monoisotopic (exact) mass is 454 g/mol. The Morgan fingerprint density at radius 1 is 1.16 bits per heavy atom. The Balaban J connectivity index is 1.40. The van der Waals surface area contributed by atoms with Crippen molar-refractivity contribution < 1.29 is 22.0 Å². The minimum absolute atomic E-state index is 0.0525. The first-order chi connectivity index (χ1) is 15.3. The first kappa shape index (κ1) is 20.9. The van der Waals surface area contributed by atoms with E-state index in [1.165, 1.54) is 12.4 Å². The van der Waals surface area contributed by atoms with E-state index in [0.717, 1.165) is 6.33 Å². The van der Waals surface area contributed by atoms with Gasteiger partial charge in [-0.05, 0) is 31.2 Å². The van der Waals surface area contributed by atoms with Crippen LogP contribution in [0.25, 0.3) is 11.2 Å². The van der Waals surface area contributed by atoms with E-state index in [-0.39, 0.29) is 29.3 Å². The molecule has 5 rings (SSSR count). The molecule has 0 unspecified atom stereocenters. The first-order valence-corrected chi connectivity index (χ1v) is 10.1. The van der Waals surface area contributed by atoms with Gasteiger partial charge in [-0.15, -0.1) is 0 Å². The summed E-state index contributed by atoms with van der Waals surface area (Å²) in [6, 6.07) is -0.607. The fourth-order valence-corrected chi connectivity index (χ4v) is 4.90. The number of aromatic nitrogens is 6. The predicted molar refractivity (Wildman–Crippen MR) is 103 cm³/mol. The summed E-state index contributed by atoms with van der Waals surface area (Å²) in [4.78, 5) is 15.9. The van der Waals surface area contributed by atoms with E-state index in [9.17, 15) is 22.0 Å². The van der Waals surface area contributed by atoms with E-state index in [1.807, 2.05) is 0 Å². The molecule has 2 N–H and O–H groups in total. The third-order valence-electron chi connectivity index (χ3n) is 6.18. The average molecular weight is 454 g/mol. The van der Waals surface area contributed by atoms with Gasteiger partial charge < -0.3 is 10.6 Å². The Kier molecular flexibility index (Phi) is 5.14. The van der Waals surface area contributed by atoms with Gasteiger partial charge >= 0.3 is 6.18 Å². The highest BCUT2D eigenvalue weighted by Gasteiger charge is 2.48. The summed E-state index contributed by atoms with van der Waals surface area (Å²) >= 11 is 0. The number of fused-ring (bicyclic) bond motifs is 2. The van der Waals surface area contributed by atoms with Crippen molar-refractivity contribution in [1.82, 2.24) is 35.0 Å². The van der Waals surface area contributed by atoms with Gasteiger partial charge in [0.2, 0.25) is 0 Å². The summed E-state index contributed by atoms with van der Waals surface area (Å²) in [6.45, 7) is 0.0278. The fourth-order valence-electron chi connectivity index (χ4n) is 4.90. The van der Waals surface area contributed by atoms with Gasteiger partial charge in [-0.1, -0.05) is 0 Å². The number of halogens is 5. The summed E-state index contributed by atoms with van der Waals surface area (Å²) in [5, 5.41) is 10.1. The zero-order valence-electron chi connectivity index (χ0n) is 16.6. The fraction of sp³-hybridized carbons (Fsp3) is 0.526. The minimum Gasteiger partial charge on any atom is -0.363 e. The second kappa shape index (κ2) is 7.87. The van der Waals surface area contributed by atoms with Crippen molar-refractivity contribution in [2.75, 3.05) is 18.4 Å². The molecule has 1 saturated heterocycles. The van der Waals surface area contributed by atoms with E-state index in [2.05, 4.69) is 35.7 Å². The zero-order valence-corrected chi connectivity index (χ0v) is 16.6. The Labute approximate surface area is 178 Å². The summed E-state index contributed by atoms with van der Waals surface area (Å²) in [6.07, 6.45) is -0.740. The molecule has 0 radical (unpaired) electrons. The molecule has 1 aliphatic carbocycles. The lowest BCUT2D eigenvalue weighted by Crippen LogP contribution is -2.24. The van der Waals surface area contributed by atoms with Crippen molar-refractivity contribution in [3.63, 3.8) is 0 Å². The van der Waals surface area contributed by atoms with Gasteiger partial charge in [0.05, 0.1) is 25.0 Å². The van der Waals surface area contributed by atoms with Crippen molar-refractivity contribution in [2.24, 2.45) is 11.8 Å². The van der Waals surface area contributed by atoms with Crippen LogP contribution in [0.5, 0.6) is 0 Å².